The van der Waals surface area contributed by atoms with E-state index in [1.54, 1.807) is 7.11 Å². The molecule has 6 nitrogen and oxygen atoms in total. The van der Waals surface area contributed by atoms with E-state index in [2.05, 4.69) is 42.4 Å². The van der Waals surface area contributed by atoms with Gasteiger partial charge >= 0.3 is 6.09 Å². The molecule has 0 aromatic heterocycles. The second-order valence-electron chi connectivity index (χ2n) is 10.2. The third-order valence-electron chi connectivity index (χ3n) is 7.61. The fraction of sp³-hybridized carbons (Fsp3) is 0.952. The molecule has 3 aliphatic rings. The van der Waals surface area contributed by atoms with Crippen molar-refractivity contribution in [2.45, 2.75) is 83.2 Å². The molecule has 0 radical (unpaired) electrons. The highest BCUT2D eigenvalue weighted by Crippen LogP contribution is 2.53. The number of likely N-dealkylation sites (tertiary alicyclic amines) is 1. The Kier molecular flexibility index (Phi) is 6.96. The van der Waals surface area contributed by atoms with Gasteiger partial charge in [-0.3, -0.25) is 0 Å². The van der Waals surface area contributed by atoms with Crippen molar-refractivity contribution in [1.29, 1.82) is 0 Å². The van der Waals surface area contributed by atoms with E-state index in [0.717, 1.165) is 39.6 Å². The molecule has 8 heteroatoms. The van der Waals surface area contributed by atoms with Crippen LogP contribution in [0.4, 0.5) is 4.79 Å². The number of methoxy groups -OCH3 is 1. The van der Waals surface area contributed by atoms with Crippen LogP contribution in [0.15, 0.2) is 0 Å². The molecule has 0 N–H and O–H groups in total. The molecule has 3 fully saturated rings. The smallest absolute Gasteiger partial charge is 0.409 e. The summed E-state index contributed by atoms with van der Waals surface area (Å²) in [5.74, 6) is 1.38. The Hall–Kier alpha value is -0.720. The maximum Gasteiger partial charge on any atom is 0.409 e. The molecule has 29 heavy (non-hydrogen) atoms. The van der Waals surface area contributed by atoms with E-state index in [1.807, 2.05) is 4.90 Å². The van der Waals surface area contributed by atoms with Crippen molar-refractivity contribution >= 4 is 21.0 Å². The summed E-state index contributed by atoms with van der Waals surface area (Å²) in [5.41, 5.74) is -0.648. The number of hydrogen-bond acceptors (Lipinski definition) is 5. The molecule has 0 bridgehead atoms. The Labute approximate surface area is 178 Å². The SMILES string of the molecule is BBC1CCN1C(=O)OC1CCC2(CO2)C(C(C)(C)OCC(C)C(C)C)C1OC. The van der Waals surface area contributed by atoms with Crippen LogP contribution >= 0.6 is 0 Å². The van der Waals surface area contributed by atoms with Crippen molar-refractivity contribution in [3.05, 3.63) is 0 Å². The first-order valence-electron chi connectivity index (χ1n) is 11.4. The molecule has 1 saturated carbocycles. The van der Waals surface area contributed by atoms with E-state index in [9.17, 15) is 4.79 Å². The van der Waals surface area contributed by atoms with Gasteiger partial charge in [-0.05, 0) is 44.9 Å². The molecule has 164 valence electrons. The Morgan fingerprint density at radius 3 is 2.52 bits per heavy atom. The van der Waals surface area contributed by atoms with Crippen molar-refractivity contribution in [1.82, 2.24) is 4.90 Å². The van der Waals surface area contributed by atoms with E-state index >= 15 is 0 Å². The van der Waals surface area contributed by atoms with E-state index in [4.69, 9.17) is 18.9 Å². The summed E-state index contributed by atoms with van der Waals surface area (Å²) in [6.45, 7) is 13.2. The topological polar surface area (TPSA) is 60.5 Å². The summed E-state index contributed by atoms with van der Waals surface area (Å²) in [6, 6.07) is 0. The summed E-state index contributed by atoms with van der Waals surface area (Å²) in [4.78, 5) is 14.6. The zero-order valence-electron chi connectivity index (χ0n) is 19.4. The van der Waals surface area contributed by atoms with Crippen LogP contribution in [0.1, 0.15) is 53.9 Å². The molecule has 1 spiro atoms. The molecule has 3 rings (SSSR count). The van der Waals surface area contributed by atoms with Crippen LogP contribution in [0.25, 0.3) is 0 Å². The zero-order chi connectivity index (χ0) is 21.4. The minimum atomic E-state index is -0.436. The lowest BCUT2D eigenvalue weighted by Crippen LogP contribution is -2.60. The maximum atomic E-state index is 12.7. The third-order valence-corrected chi connectivity index (χ3v) is 7.61. The van der Waals surface area contributed by atoms with Crippen molar-refractivity contribution in [2.24, 2.45) is 17.8 Å². The van der Waals surface area contributed by atoms with Gasteiger partial charge in [-0.2, -0.15) is 0 Å². The van der Waals surface area contributed by atoms with Gasteiger partial charge in [0.25, 0.3) is 0 Å². The average molecular weight is 407 g/mol. The molecule has 2 heterocycles. The molecule has 0 aromatic carbocycles. The van der Waals surface area contributed by atoms with Gasteiger partial charge in [-0.1, -0.05) is 20.8 Å². The first kappa shape index (κ1) is 23.0. The minimum absolute atomic E-state index is 0.0178. The van der Waals surface area contributed by atoms with E-state index in [0.29, 0.717) is 24.4 Å². The summed E-state index contributed by atoms with van der Waals surface area (Å²) < 4.78 is 24.4. The van der Waals surface area contributed by atoms with Gasteiger partial charge in [0.05, 0.1) is 32.2 Å². The molecule has 6 unspecified atom stereocenters. The summed E-state index contributed by atoms with van der Waals surface area (Å²) >= 11 is 0. The highest BCUT2D eigenvalue weighted by Gasteiger charge is 2.64. The minimum Gasteiger partial charge on any atom is -0.443 e. The zero-order valence-corrected chi connectivity index (χ0v) is 19.4. The molecular weight excluding hydrogens is 368 g/mol. The van der Waals surface area contributed by atoms with Crippen LogP contribution in [0.2, 0.25) is 0 Å². The molecule has 2 saturated heterocycles. The van der Waals surface area contributed by atoms with Gasteiger partial charge in [-0.25, -0.2) is 4.79 Å². The Morgan fingerprint density at radius 1 is 1.34 bits per heavy atom. The van der Waals surface area contributed by atoms with Gasteiger partial charge < -0.3 is 23.8 Å². The molecule has 1 amide bonds. The highest BCUT2D eigenvalue weighted by atomic mass is 16.6. The number of amides is 1. The lowest BCUT2D eigenvalue weighted by Gasteiger charge is -2.49. The molecule has 0 aromatic rings. The van der Waals surface area contributed by atoms with Crippen LogP contribution < -0.4 is 0 Å². The van der Waals surface area contributed by atoms with E-state index in [1.165, 1.54) is 0 Å². The van der Waals surface area contributed by atoms with Crippen LogP contribution in [0.5, 0.6) is 0 Å². The number of ether oxygens (including phenoxy) is 4. The normalized spacial score (nSPS) is 35.3. The van der Waals surface area contributed by atoms with Gasteiger partial charge in [0.2, 0.25) is 0 Å². The standard InChI is InChI=1S/C21H39B2NO5/c1-13(2)14(3)11-27-20(4,5)18-17(26-6)15(7-9-21(18)12-28-21)29-19(25)24-10-8-16(24)23-22/h13-18,23H,7-12,22H2,1-6H3. The second-order valence-corrected chi connectivity index (χ2v) is 10.2. The first-order valence-corrected chi connectivity index (χ1v) is 11.4. The summed E-state index contributed by atoms with van der Waals surface area (Å²) in [6.07, 6.45) is 2.01. The molecule has 1 aliphatic carbocycles. The number of epoxide rings is 1. The largest absolute Gasteiger partial charge is 0.443 e. The lowest BCUT2D eigenvalue weighted by molar-refractivity contribution is -0.182. The number of nitrogens with zero attached hydrogens (tertiary/aromatic N) is 1. The van der Waals surface area contributed by atoms with Crippen molar-refractivity contribution < 1.29 is 23.7 Å². The van der Waals surface area contributed by atoms with Crippen molar-refractivity contribution in [2.75, 3.05) is 26.9 Å². The molecular formula is C21H39B2NO5. The Morgan fingerprint density at radius 2 is 2.03 bits per heavy atom. The number of rotatable bonds is 8. The van der Waals surface area contributed by atoms with Crippen LogP contribution in [0, 0.1) is 17.8 Å². The summed E-state index contributed by atoms with van der Waals surface area (Å²) in [5, 5.41) is 0. The number of carbonyl (C=O) groups is 1. The Balaban J connectivity index is 1.71. The van der Waals surface area contributed by atoms with Crippen LogP contribution in [0.3, 0.4) is 0 Å². The average Bonchev–Trinajstić information content (AvgIpc) is 3.39. The monoisotopic (exact) mass is 407 g/mol. The van der Waals surface area contributed by atoms with Gasteiger partial charge in [0.15, 0.2) is 0 Å². The van der Waals surface area contributed by atoms with E-state index in [-0.39, 0.29) is 29.8 Å². The summed E-state index contributed by atoms with van der Waals surface area (Å²) in [7, 11) is 4.80. The third kappa shape index (κ3) is 4.64. The van der Waals surface area contributed by atoms with Crippen molar-refractivity contribution in [3.8, 4) is 0 Å². The van der Waals surface area contributed by atoms with Gasteiger partial charge in [-0.15, -0.1) is 0 Å². The first-order chi connectivity index (χ1) is 13.6. The quantitative estimate of drug-likeness (QED) is 0.454. The Bertz CT molecular complexity index is 581. The fourth-order valence-electron chi connectivity index (χ4n) is 5.01. The maximum absolute atomic E-state index is 12.7. The van der Waals surface area contributed by atoms with Gasteiger partial charge in [0.1, 0.15) is 19.4 Å². The van der Waals surface area contributed by atoms with Crippen LogP contribution in [-0.4, -0.2) is 82.1 Å². The number of hydrogen-bond donors (Lipinski definition) is 0. The molecule has 2 aliphatic heterocycles. The number of carbonyl (C=O) groups excluding carboxylic acids is 1. The van der Waals surface area contributed by atoms with Gasteiger partial charge in [0, 0.05) is 25.5 Å². The fourth-order valence-corrected chi connectivity index (χ4v) is 5.01. The predicted octanol–water partition coefficient (Wildman–Crippen LogP) is 1.79. The van der Waals surface area contributed by atoms with Crippen LogP contribution in [-0.2, 0) is 18.9 Å². The van der Waals surface area contributed by atoms with E-state index < -0.39 is 5.60 Å². The highest BCUT2D eigenvalue weighted by molar-refractivity contribution is 6.90. The predicted molar refractivity (Wildman–Crippen MR) is 117 cm³/mol. The second kappa shape index (κ2) is 8.80. The van der Waals surface area contributed by atoms with Crippen molar-refractivity contribution in [3.63, 3.8) is 0 Å². The lowest BCUT2D eigenvalue weighted by atomic mass is 9.47. The molecule has 6 atom stereocenters.